The Hall–Kier alpha value is -2.97. The van der Waals surface area contributed by atoms with Crippen LogP contribution in [0.2, 0.25) is 18.1 Å². The van der Waals surface area contributed by atoms with Crippen LogP contribution in [0, 0.1) is 0 Å². The van der Waals surface area contributed by atoms with Crippen LogP contribution in [0.15, 0.2) is 72.8 Å². The Morgan fingerprint density at radius 3 is 2.19 bits per heavy atom. The van der Waals surface area contributed by atoms with Crippen molar-refractivity contribution >= 4 is 14.3 Å². The van der Waals surface area contributed by atoms with Crippen molar-refractivity contribution in [2.24, 2.45) is 0 Å². The zero-order chi connectivity index (χ0) is 31.8. The summed E-state index contributed by atoms with van der Waals surface area (Å²) in [5, 5.41) is 23.7. The smallest absolute Gasteiger partial charge is 0.310 e. The highest BCUT2D eigenvalue weighted by Gasteiger charge is 2.40. The van der Waals surface area contributed by atoms with E-state index in [4.69, 9.17) is 9.16 Å². The summed E-state index contributed by atoms with van der Waals surface area (Å²) in [6.07, 6.45) is 1.06. The highest BCUT2D eigenvalue weighted by molar-refractivity contribution is 6.74. The molecule has 0 aliphatic heterocycles. The summed E-state index contributed by atoms with van der Waals surface area (Å²) in [6.45, 7) is 18.3. The van der Waals surface area contributed by atoms with Crippen LogP contribution >= 0.6 is 0 Å². The third kappa shape index (κ3) is 9.76. The Morgan fingerprint density at radius 2 is 1.58 bits per heavy atom. The fraction of sp³-hybridized carbons (Fsp3) is 0.472. The number of benzene rings is 3. The monoisotopic (exact) mass is 605 g/mol. The van der Waals surface area contributed by atoms with Gasteiger partial charge in [0.15, 0.2) is 8.32 Å². The summed E-state index contributed by atoms with van der Waals surface area (Å²) >= 11 is 0. The van der Waals surface area contributed by atoms with Crippen LogP contribution < -0.4 is 10.1 Å². The number of ether oxygens (including phenoxy) is 1. The molecule has 0 heterocycles. The molecule has 0 bridgehead atoms. The predicted octanol–water partition coefficient (Wildman–Crippen LogP) is 8.01. The van der Waals surface area contributed by atoms with E-state index in [9.17, 15) is 15.0 Å². The van der Waals surface area contributed by atoms with Crippen molar-refractivity contribution in [3.05, 3.63) is 101 Å². The minimum Gasteiger partial charge on any atom is -0.489 e. The summed E-state index contributed by atoms with van der Waals surface area (Å²) in [4.78, 5) is 11.7. The van der Waals surface area contributed by atoms with Crippen molar-refractivity contribution in [3.63, 3.8) is 0 Å². The number of nitrogens with one attached hydrogen (secondary N) is 1. The minimum absolute atomic E-state index is 0.0275. The number of carbonyl (C=O) groups is 1. The summed E-state index contributed by atoms with van der Waals surface area (Å²) in [5.41, 5.74) is 4.46. The van der Waals surface area contributed by atoms with E-state index in [0.717, 1.165) is 34.2 Å². The average molecular weight is 606 g/mol. The normalized spacial score (nSPS) is 13.9. The van der Waals surface area contributed by atoms with Gasteiger partial charge in [-0.1, -0.05) is 88.4 Å². The maximum absolute atomic E-state index is 11.7. The van der Waals surface area contributed by atoms with Crippen molar-refractivity contribution in [1.82, 2.24) is 5.32 Å². The Kier molecular flexibility index (Phi) is 11.8. The molecule has 43 heavy (non-hydrogen) atoms. The minimum atomic E-state index is -2.15. The summed E-state index contributed by atoms with van der Waals surface area (Å²) in [5.74, 6) is -0.624. The zero-order valence-electron chi connectivity index (χ0n) is 27.2. The maximum Gasteiger partial charge on any atom is 0.310 e. The number of hydrogen-bond acceptors (Lipinski definition) is 5. The summed E-state index contributed by atoms with van der Waals surface area (Å²) in [7, 11) is -2.15. The molecule has 7 heteroatoms. The number of aliphatic carboxylic acids is 1. The van der Waals surface area contributed by atoms with Crippen molar-refractivity contribution < 1.29 is 24.2 Å². The largest absolute Gasteiger partial charge is 0.489 e. The lowest BCUT2D eigenvalue weighted by molar-refractivity contribution is -0.138. The third-order valence-electron chi connectivity index (χ3n) is 8.58. The Bertz CT molecular complexity index is 1330. The maximum atomic E-state index is 11.7. The molecule has 3 aromatic rings. The van der Waals surface area contributed by atoms with E-state index in [0.29, 0.717) is 25.3 Å². The molecular weight excluding hydrogens is 554 g/mol. The van der Waals surface area contributed by atoms with Crippen LogP contribution in [0.4, 0.5) is 0 Å². The predicted molar refractivity (Wildman–Crippen MR) is 177 cm³/mol. The number of rotatable bonds is 15. The van der Waals surface area contributed by atoms with Crippen molar-refractivity contribution in [2.75, 3.05) is 6.54 Å². The van der Waals surface area contributed by atoms with E-state index >= 15 is 0 Å². The first-order valence-electron chi connectivity index (χ1n) is 15.3. The lowest BCUT2D eigenvalue weighted by Crippen LogP contribution is -2.47. The van der Waals surface area contributed by atoms with Gasteiger partial charge in [0.1, 0.15) is 12.4 Å². The molecule has 0 spiro atoms. The molecular formula is C36H51NO5Si. The molecule has 0 saturated heterocycles. The lowest BCUT2D eigenvalue weighted by Gasteiger charge is -2.40. The van der Waals surface area contributed by atoms with Gasteiger partial charge in [0.05, 0.1) is 18.6 Å². The molecule has 0 aliphatic rings. The van der Waals surface area contributed by atoms with Gasteiger partial charge in [-0.25, -0.2) is 0 Å². The molecule has 0 fully saturated rings. The van der Waals surface area contributed by atoms with E-state index in [1.54, 1.807) is 0 Å². The zero-order valence-corrected chi connectivity index (χ0v) is 28.2. The van der Waals surface area contributed by atoms with Crippen LogP contribution in [0.1, 0.15) is 87.8 Å². The van der Waals surface area contributed by atoms with Crippen molar-refractivity contribution in [1.29, 1.82) is 0 Å². The van der Waals surface area contributed by atoms with Gasteiger partial charge in [-0.15, -0.1) is 0 Å². The van der Waals surface area contributed by atoms with E-state index in [-0.39, 0.29) is 23.3 Å². The van der Waals surface area contributed by atoms with Crippen LogP contribution in [0.3, 0.4) is 0 Å². The molecule has 1 unspecified atom stereocenters. The highest BCUT2D eigenvalue weighted by Crippen LogP contribution is 2.40. The Morgan fingerprint density at radius 1 is 0.907 bits per heavy atom. The summed E-state index contributed by atoms with van der Waals surface area (Å²) < 4.78 is 13.1. The van der Waals surface area contributed by atoms with Crippen LogP contribution in [0.25, 0.3) is 0 Å². The molecule has 3 N–H and O–H groups in total. The standard InChI is InChI=1S/C36H51NO5Si/c1-9-31(34(39)40)28-17-13-16-27(20-28)22-36(5,6)37-23-33(42-43(7,8)35(2,3)4)29-18-19-32(30(21-29)24-38)41-25-26-14-11-10-12-15-26/h10-21,31,33,37-38H,9,22-25H2,1-8H3,(H,39,40)/t31?,33-/m1/s1. The Labute approximate surface area is 259 Å². The van der Waals surface area contributed by atoms with E-state index < -0.39 is 20.2 Å². The van der Waals surface area contributed by atoms with Gasteiger partial charge in [-0.3, -0.25) is 4.79 Å². The number of carboxylic acids is 1. The highest BCUT2D eigenvalue weighted by atomic mass is 28.4. The third-order valence-corrected chi connectivity index (χ3v) is 13.1. The second-order valence-electron chi connectivity index (χ2n) is 13.7. The number of aliphatic hydroxyl groups is 1. The lowest BCUT2D eigenvalue weighted by atomic mass is 9.90. The summed E-state index contributed by atoms with van der Waals surface area (Å²) in [6, 6.07) is 23.9. The molecule has 0 saturated carbocycles. The van der Waals surface area contributed by atoms with Crippen molar-refractivity contribution in [3.8, 4) is 5.75 Å². The molecule has 0 aliphatic carbocycles. The molecule has 0 aromatic heterocycles. The van der Waals surface area contributed by atoms with Gasteiger partial charge in [0.2, 0.25) is 0 Å². The van der Waals surface area contributed by atoms with Gasteiger partial charge >= 0.3 is 5.97 Å². The average Bonchev–Trinajstić information content (AvgIpc) is 2.94. The van der Waals surface area contributed by atoms with E-state index in [2.05, 4.69) is 59.1 Å². The van der Waals surface area contributed by atoms with Crippen LogP contribution in [-0.4, -0.2) is 36.6 Å². The van der Waals surface area contributed by atoms with Crippen molar-refractivity contribution in [2.45, 2.75) is 103 Å². The molecule has 3 rings (SSSR count). The van der Waals surface area contributed by atoms with E-state index in [1.807, 2.05) is 73.7 Å². The molecule has 0 amide bonds. The van der Waals surface area contributed by atoms with Crippen LogP contribution in [-0.2, 0) is 28.9 Å². The first-order valence-corrected chi connectivity index (χ1v) is 18.2. The second-order valence-corrected chi connectivity index (χ2v) is 18.4. The van der Waals surface area contributed by atoms with Gasteiger partial charge < -0.3 is 24.7 Å². The molecule has 6 nitrogen and oxygen atoms in total. The van der Waals surface area contributed by atoms with Gasteiger partial charge in [0.25, 0.3) is 0 Å². The number of hydrogen-bond donors (Lipinski definition) is 3. The Balaban J connectivity index is 1.83. The first kappa shape index (κ1) is 34.5. The van der Waals surface area contributed by atoms with E-state index in [1.165, 1.54) is 0 Å². The van der Waals surface area contributed by atoms with Gasteiger partial charge in [-0.05, 0) is 79.2 Å². The number of carboxylic acid groups (broad SMARTS) is 1. The quantitative estimate of drug-likeness (QED) is 0.152. The first-order chi connectivity index (χ1) is 20.2. The van der Waals surface area contributed by atoms with Gasteiger partial charge in [0, 0.05) is 17.6 Å². The van der Waals surface area contributed by atoms with Gasteiger partial charge in [-0.2, -0.15) is 0 Å². The number of aliphatic hydroxyl groups excluding tert-OH is 1. The molecule has 0 radical (unpaired) electrons. The fourth-order valence-electron chi connectivity index (χ4n) is 4.97. The second kappa shape index (κ2) is 14.7. The topological polar surface area (TPSA) is 88.0 Å². The molecule has 2 atom stereocenters. The molecule has 3 aromatic carbocycles. The SMILES string of the molecule is CCC(C(=O)O)c1cccc(CC(C)(C)NC[C@@H](O[Si](C)(C)C(C)(C)C)c2ccc(OCc3ccccc3)c(CO)c2)c1. The fourth-order valence-corrected chi connectivity index (χ4v) is 6.26. The van der Waals surface area contributed by atoms with Crippen LogP contribution in [0.5, 0.6) is 5.75 Å². The molecule has 234 valence electrons.